The van der Waals surface area contributed by atoms with Crippen LogP contribution in [0, 0.1) is 21.7 Å². The van der Waals surface area contributed by atoms with Gasteiger partial charge in [0, 0.05) is 5.56 Å². The number of nitro groups is 1. The predicted octanol–water partition coefficient (Wildman–Crippen LogP) is 3.45. The zero-order valence-corrected chi connectivity index (χ0v) is 9.68. The number of rotatable bonds is 4. The first kappa shape index (κ1) is 12.9. The number of hydrogen-bond acceptors (Lipinski definition) is 3. The molecule has 4 nitrogen and oxygen atoms in total. The summed E-state index contributed by atoms with van der Waals surface area (Å²) in [6.07, 6.45) is 0. The SMILES string of the molecule is O=[N+]([O-])c1c(F)cccc1OCc1ccccc1F. The van der Waals surface area contributed by atoms with Crippen LogP contribution in [-0.2, 0) is 6.61 Å². The minimum Gasteiger partial charge on any atom is -0.482 e. The molecule has 2 rings (SSSR count). The summed E-state index contributed by atoms with van der Waals surface area (Å²) in [4.78, 5) is 9.86. The molecule has 6 heteroatoms. The Morgan fingerprint density at radius 1 is 1.05 bits per heavy atom. The van der Waals surface area contributed by atoms with Gasteiger partial charge in [-0.3, -0.25) is 10.1 Å². The van der Waals surface area contributed by atoms with Crippen LogP contribution >= 0.6 is 0 Å². The summed E-state index contributed by atoms with van der Waals surface area (Å²) in [6.45, 7) is -0.211. The van der Waals surface area contributed by atoms with E-state index in [2.05, 4.69) is 0 Å². The highest BCUT2D eigenvalue weighted by atomic mass is 19.1. The van der Waals surface area contributed by atoms with Gasteiger partial charge in [0.15, 0.2) is 0 Å². The molecule has 0 aliphatic carbocycles. The molecule has 2 aromatic rings. The van der Waals surface area contributed by atoms with Crippen LogP contribution in [0.3, 0.4) is 0 Å². The van der Waals surface area contributed by atoms with Crippen molar-refractivity contribution in [1.29, 1.82) is 0 Å². The molecule has 0 amide bonds. The number of benzene rings is 2. The minimum absolute atomic E-state index is 0.211. The van der Waals surface area contributed by atoms with E-state index in [9.17, 15) is 18.9 Å². The van der Waals surface area contributed by atoms with Crippen molar-refractivity contribution in [2.24, 2.45) is 0 Å². The van der Waals surface area contributed by atoms with Gasteiger partial charge in [0.25, 0.3) is 0 Å². The van der Waals surface area contributed by atoms with Crippen molar-refractivity contribution in [3.05, 3.63) is 69.8 Å². The van der Waals surface area contributed by atoms with Gasteiger partial charge in [0.05, 0.1) is 4.92 Å². The maximum Gasteiger partial charge on any atom is 0.346 e. The second kappa shape index (κ2) is 5.43. The molecule has 0 aromatic heterocycles. The summed E-state index contributed by atoms with van der Waals surface area (Å²) in [7, 11) is 0. The summed E-state index contributed by atoms with van der Waals surface area (Å²) in [5, 5.41) is 10.7. The quantitative estimate of drug-likeness (QED) is 0.628. The summed E-state index contributed by atoms with van der Waals surface area (Å²) in [6, 6.07) is 9.39. The topological polar surface area (TPSA) is 52.4 Å². The van der Waals surface area contributed by atoms with Crippen LogP contribution in [0.2, 0.25) is 0 Å². The lowest BCUT2D eigenvalue weighted by Gasteiger charge is -2.07. The second-order valence-corrected chi connectivity index (χ2v) is 3.72. The minimum atomic E-state index is -0.990. The van der Waals surface area contributed by atoms with Crippen molar-refractivity contribution in [3.63, 3.8) is 0 Å². The second-order valence-electron chi connectivity index (χ2n) is 3.72. The fraction of sp³-hybridized carbons (Fsp3) is 0.0769. The third-order valence-corrected chi connectivity index (χ3v) is 2.47. The Labute approximate surface area is 107 Å². The molecule has 0 spiro atoms. The van der Waals surface area contributed by atoms with Crippen molar-refractivity contribution in [2.45, 2.75) is 6.61 Å². The van der Waals surface area contributed by atoms with Crippen molar-refractivity contribution in [3.8, 4) is 5.75 Å². The molecule has 0 bridgehead atoms. The first-order valence-corrected chi connectivity index (χ1v) is 5.38. The van der Waals surface area contributed by atoms with E-state index in [1.54, 1.807) is 6.07 Å². The molecule has 19 heavy (non-hydrogen) atoms. The smallest absolute Gasteiger partial charge is 0.346 e. The Balaban J connectivity index is 2.23. The van der Waals surface area contributed by atoms with Crippen molar-refractivity contribution >= 4 is 5.69 Å². The van der Waals surface area contributed by atoms with Crippen LogP contribution in [0.5, 0.6) is 5.75 Å². The van der Waals surface area contributed by atoms with Gasteiger partial charge in [0.2, 0.25) is 11.6 Å². The van der Waals surface area contributed by atoms with Gasteiger partial charge in [-0.25, -0.2) is 4.39 Å². The summed E-state index contributed by atoms with van der Waals surface area (Å²) < 4.78 is 31.8. The standard InChI is InChI=1S/C13H9F2NO3/c14-10-5-2-1-4-9(10)8-19-12-7-3-6-11(15)13(12)16(17)18/h1-7H,8H2. The van der Waals surface area contributed by atoms with Crippen molar-refractivity contribution in [1.82, 2.24) is 0 Å². The molecule has 2 aromatic carbocycles. The van der Waals surface area contributed by atoms with Gasteiger partial charge in [-0.1, -0.05) is 24.3 Å². The van der Waals surface area contributed by atoms with E-state index in [4.69, 9.17) is 4.74 Å². The van der Waals surface area contributed by atoms with Gasteiger partial charge in [-0.05, 0) is 18.2 Å². The van der Waals surface area contributed by atoms with E-state index in [-0.39, 0.29) is 17.9 Å². The molecule has 0 fully saturated rings. The third kappa shape index (κ3) is 2.85. The van der Waals surface area contributed by atoms with Gasteiger partial charge >= 0.3 is 5.69 Å². The fourth-order valence-electron chi connectivity index (χ4n) is 1.56. The Kier molecular flexibility index (Phi) is 3.70. The predicted molar refractivity (Wildman–Crippen MR) is 63.8 cm³/mol. The molecule has 98 valence electrons. The normalized spacial score (nSPS) is 10.2. The summed E-state index contributed by atoms with van der Waals surface area (Å²) in [5.74, 6) is -1.70. The Morgan fingerprint density at radius 3 is 2.42 bits per heavy atom. The summed E-state index contributed by atoms with van der Waals surface area (Å²) >= 11 is 0. The van der Waals surface area contributed by atoms with Gasteiger partial charge < -0.3 is 4.74 Å². The fourth-order valence-corrected chi connectivity index (χ4v) is 1.56. The van der Waals surface area contributed by atoms with Crippen LogP contribution in [0.25, 0.3) is 0 Å². The van der Waals surface area contributed by atoms with E-state index in [1.807, 2.05) is 0 Å². The van der Waals surface area contributed by atoms with Crippen LogP contribution in [0.1, 0.15) is 5.56 Å². The molecule has 0 atom stereocenters. The van der Waals surface area contributed by atoms with Gasteiger partial charge in [0.1, 0.15) is 12.4 Å². The maximum atomic E-state index is 13.3. The molecular weight excluding hydrogens is 256 g/mol. The van der Waals surface area contributed by atoms with Crippen LogP contribution in [-0.4, -0.2) is 4.92 Å². The lowest BCUT2D eigenvalue weighted by Crippen LogP contribution is -2.02. The molecular formula is C13H9F2NO3. The maximum absolute atomic E-state index is 13.3. The van der Waals surface area contributed by atoms with Crippen LogP contribution < -0.4 is 4.74 Å². The molecule has 0 aliphatic rings. The first-order valence-electron chi connectivity index (χ1n) is 5.38. The van der Waals surface area contributed by atoms with Crippen LogP contribution in [0.4, 0.5) is 14.5 Å². The van der Waals surface area contributed by atoms with E-state index in [1.165, 1.54) is 30.3 Å². The Hall–Kier alpha value is -2.50. The summed E-state index contributed by atoms with van der Waals surface area (Å²) in [5.41, 5.74) is -0.514. The molecule has 0 saturated heterocycles. The van der Waals surface area contributed by atoms with E-state index in [0.717, 1.165) is 6.07 Å². The molecule has 0 saturated carbocycles. The molecule has 0 unspecified atom stereocenters. The van der Waals surface area contributed by atoms with Gasteiger partial charge in [-0.2, -0.15) is 4.39 Å². The zero-order valence-electron chi connectivity index (χ0n) is 9.68. The average Bonchev–Trinajstić information content (AvgIpc) is 2.37. The first-order chi connectivity index (χ1) is 9.09. The van der Waals surface area contributed by atoms with E-state index in [0.29, 0.717) is 0 Å². The number of halogens is 2. The van der Waals surface area contributed by atoms with Crippen LogP contribution in [0.15, 0.2) is 42.5 Å². The Morgan fingerprint density at radius 2 is 1.74 bits per heavy atom. The molecule has 0 aliphatic heterocycles. The largest absolute Gasteiger partial charge is 0.482 e. The Bertz CT molecular complexity index is 617. The van der Waals surface area contributed by atoms with E-state index < -0.39 is 22.2 Å². The van der Waals surface area contributed by atoms with Crippen molar-refractivity contribution < 1.29 is 18.4 Å². The number of hydrogen-bond donors (Lipinski definition) is 0. The van der Waals surface area contributed by atoms with Gasteiger partial charge in [-0.15, -0.1) is 0 Å². The highest BCUT2D eigenvalue weighted by molar-refractivity contribution is 5.47. The zero-order chi connectivity index (χ0) is 13.8. The highest BCUT2D eigenvalue weighted by Crippen LogP contribution is 2.30. The highest BCUT2D eigenvalue weighted by Gasteiger charge is 2.21. The molecule has 0 heterocycles. The number of nitro benzene ring substituents is 1. The third-order valence-electron chi connectivity index (χ3n) is 2.47. The monoisotopic (exact) mass is 265 g/mol. The number of ether oxygens (including phenoxy) is 1. The number of nitrogens with zero attached hydrogens (tertiary/aromatic N) is 1. The lowest BCUT2D eigenvalue weighted by molar-refractivity contribution is -0.388. The van der Waals surface area contributed by atoms with E-state index >= 15 is 0 Å². The average molecular weight is 265 g/mol. The molecule has 0 N–H and O–H groups in total. The number of para-hydroxylation sites is 1. The molecule has 0 radical (unpaired) electrons. The lowest BCUT2D eigenvalue weighted by atomic mass is 10.2. The van der Waals surface area contributed by atoms with Crippen molar-refractivity contribution in [2.75, 3.05) is 0 Å².